The van der Waals surface area contributed by atoms with E-state index in [1.54, 1.807) is 0 Å². The maximum atomic E-state index is 13.7. The highest BCUT2D eigenvalue weighted by Gasteiger charge is 2.61. The molecule has 3 heteroatoms. The molecule has 0 aromatic heterocycles. The smallest absolute Gasteiger partial charge is 0.305 e. The summed E-state index contributed by atoms with van der Waals surface area (Å²) >= 11 is 0. The average molecular weight is 389 g/mol. The van der Waals surface area contributed by atoms with Crippen LogP contribution in [0.1, 0.15) is 97.8 Å². The van der Waals surface area contributed by atoms with Crippen LogP contribution in [0, 0.1) is 39.9 Å². The normalized spacial score (nSPS) is 48.2. The van der Waals surface area contributed by atoms with Crippen molar-refractivity contribution in [2.75, 3.05) is 7.11 Å². The highest BCUT2D eigenvalue weighted by Crippen LogP contribution is 2.66. The first-order valence-electron chi connectivity index (χ1n) is 11.8. The molecule has 0 spiro atoms. The zero-order valence-corrected chi connectivity index (χ0v) is 18.5. The lowest BCUT2D eigenvalue weighted by Gasteiger charge is -2.63. The zero-order chi connectivity index (χ0) is 20.2. The van der Waals surface area contributed by atoms with Crippen LogP contribution in [0.3, 0.4) is 0 Å². The number of ether oxygens (including phenoxy) is 1. The van der Waals surface area contributed by atoms with Crippen molar-refractivity contribution in [2.45, 2.75) is 97.8 Å². The van der Waals surface area contributed by atoms with Gasteiger partial charge < -0.3 is 4.74 Å². The van der Waals surface area contributed by atoms with Gasteiger partial charge >= 0.3 is 5.97 Å². The number of esters is 1. The van der Waals surface area contributed by atoms with E-state index in [0.717, 1.165) is 37.0 Å². The van der Waals surface area contributed by atoms with Crippen LogP contribution in [0.15, 0.2) is 0 Å². The molecule has 0 amide bonds. The van der Waals surface area contributed by atoms with Gasteiger partial charge in [-0.05, 0) is 86.4 Å². The minimum Gasteiger partial charge on any atom is -0.469 e. The molecule has 4 aliphatic carbocycles. The second-order valence-corrected chi connectivity index (χ2v) is 11.5. The number of hydrogen-bond acceptors (Lipinski definition) is 3. The van der Waals surface area contributed by atoms with Gasteiger partial charge in [0, 0.05) is 17.8 Å². The Kier molecular flexibility index (Phi) is 5.20. The van der Waals surface area contributed by atoms with E-state index in [2.05, 4.69) is 20.8 Å². The fraction of sp³-hybridized carbons (Fsp3) is 0.920. The van der Waals surface area contributed by atoms with Crippen LogP contribution in [0.5, 0.6) is 0 Å². The Bertz CT molecular complexity index is 642. The molecule has 4 rings (SSSR count). The van der Waals surface area contributed by atoms with Gasteiger partial charge in [-0.1, -0.05) is 33.6 Å². The van der Waals surface area contributed by atoms with Crippen LogP contribution < -0.4 is 0 Å². The summed E-state index contributed by atoms with van der Waals surface area (Å²) in [6.45, 7) is 7.14. The largest absolute Gasteiger partial charge is 0.469 e. The third-order valence-electron chi connectivity index (χ3n) is 10.1. The summed E-state index contributed by atoms with van der Waals surface area (Å²) in [5.74, 6) is 2.94. The van der Waals surface area contributed by atoms with E-state index in [-0.39, 0.29) is 22.7 Å². The van der Waals surface area contributed by atoms with Crippen molar-refractivity contribution in [3.63, 3.8) is 0 Å². The molecule has 0 radical (unpaired) electrons. The Morgan fingerprint density at radius 1 is 0.964 bits per heavy atom. The van der Waals surface area contributed by atoms with Crippen LogP contribution >= 0.6 is 0 Å². The number of ketones is 1. The Hall–Kier alpha value is -0.860. The van der Waals surface area contributed by atoms with E-state index < -0.39 is 0 Å². The molecule has 0 saturated heterocycles. The molecule has 0 bridgehead atoms. The summed E-state index contributed by atoms with van der Waals surface area (Å²) < 4.78 is 4.83. The topological polar surface area (TPSA) is 43.4 Å². The Morgan fingerprint density at radius 3 is 2.50 bits per heavy atom. The first-order chi connectivity index (χ1) is 13.2. The van der Waals surface area contributed by atoms with Crippen LogP contribution in [-0.4, -0.2) is 18.9 Å². The minimum atomic E-state index is -0.334. The molecule has 0 aliphatic heterocycles. The van der Waals surface area contributed by atoms with Crippen LogP contribution in [0.2, 0.25) is 0 Å². The van der Waals surface area contributed by atoms with Crippen LogP contribution in [0.25, 0.3) is 0 Å². The number of methoxy groups -OCH3 is 1. The van der Waals surface area contributed by atoms with Gasteiger partial charge in [0.05, 0.1) is 7.11 Å². The molecule has 4 saturated carbocycles. The van der Waals surface area contributed by atoms with Gasteiger partial charge in [0.1, 0.15) is 5.78 Å². The molecule has 0 heterocycles. The van der Waals surface area contributed by atoms with E-state index in [4.69, 9.17) is 4.74 Å². The number of fused-ring (bicyclic) bond motifs is 5. The highest BCUT2D eigenvalue weighted by atomic mass is 16.5. The summed E-state index contributed by atoms with van der Waals surface area (Å²) in [6.07, 6.45) is 13.8. The maximum absolute atomic E-state index is 13.7. The van der Waals surface area contributed by atoms with Crippen LogP contribution in [-0.2, 0) is 14.3 Å². The predicted octanol–water partition coefficient (Wildman–Crippen LogP) is 5.95. The third kappa shape index (κ3) is 3.06. The van der Waals surface area contributed by atoms with Gasteiger partial charge in [0.25, 0.3) is 0 Å². The number of carbonyl (C=O) groups excluding carboxylic acids is 2. The SMILES string of the molecule is COC(=O)CC[C@]1(C)CC[C@@]2(C)[C@@H](CC[C@H]3[C@@H]4CCCC[C@@]4(C)CC[C@@H]32)C1=O. The monoisotopic (exact) mass is 388 g/mol. The lowest BCUT2D eigenvalue weighted by Crippen LogP contribution is -2.58. The van der Waals surface area contributed by atoms with Crippen molar-refractivity contribution in [1.82, 2.24) is 0 Å². The summed E-state index contributed by atoms with van der Waals surface area (Å²) in [6, 6.07) is 0. The predicted molar refractivity (Wildman–Crippen MR) is 111 cm³/mol. The fourth-order valence-corrected chi connectivity index (χ4v) is 8.22. The van der Waals surface area contributed by atoms with E-state index in [1.165, 1.54) is 52.1 Å². The van der Waals surface area contributed by atoms with Crippen LogP contribution in [0.4, 0.5) is 0 Å². The summed E-state index contributed by atoms with van der Waals surface area (Å²) in [4.78, 5) is 25.3. The number of rotatable bonds is 3. The quantitative estimate of drug-likeness (QED) is 0.561. The van der Waals surface area contributed by atoms with Crippen molar-refractivity contribution >= 4 is 11.8 Å². The Morgan fingerprint density at radius 2 is 1.75 bits per heavy atom. The van der Waals surface area contributed by atoms with E-state index in [1.807, 2.05) is 0 Å². The molecule has 28 heavy (non-hydrogen) atoms. The number of hydrogen-bond donors (Lipinski definition) is 0. The molecule has 3 nitrogen and oxygen atoms in total. The number of carbonyl (C=O) groups is 2. The molecule has 158 valence electrons. The highest BCUT2D eigenvalue weighted by molar-refractivity contribution is 5.89. The second kappa shape index (κ2) is 7.13. The van der Waals surface area contributed by atoms with E-state index >= 15 is 0 Å². The lowest BCUT2D eigenvalue weighted by atomic mass is 9.41. The van der Waals surface area contributed by atoms with Gasteiger partial charge in [0.2, 0.25) is 0 Å². The van der Waals surface area contributed by atoms with Gasteiger partial charge in [-0.25, -0.2) is 0 Å². The summed E-state index contributed by atoms with van der Waals surface area (Å²) in [7, 11) is 1.44. The molecular formula is C25H40O3. The minimum absolute atomic E-state index is 0.184. The lowest BCUT2D eigenvalue weighted by molar-refractivity contribution is -0.165. The average Bonchev–Trinajstić information content (AvgIpc) is 2.69. The standard InChI is InChI=1S/C25H40O3/c1-23-12-6-5-7-18(23)17-8-9-20-22(27)24(2,14-11-21(26)28-4)15-16-25(20,3)19(17)10-13-23/h17-20H,5-16H2,1-4H3/t17-,18-,19-,20-,23-,24+,25+/m0/s1. The summed E-state index contributed by atoms with van der Waals surface area (Å²) in [5, 5.41) is 0. The van der Waals surface area contributed by atoms with Crippen molar-refractivity contribution in [3.8, 4) is 0 Å². The molecule has 0 unspecified atom stereocenters. The van der Waals surface area contributed by atoms with Crippen molar-refractivity contribution in [2.24, 2.45) is 39.9 Å². The van der Waals surface area contributed by atoms with Gasteiger partial charge in [-0.2, -0.15) is 0 Å². The second-order valence-electron chi connectivity index (χ2n) is 11.5. The van der Waals surface area contributed by atoms with Crippen molar-refractivity contribution in [1.29, 1.82) is 0 Å². The molecule has 0 N–H and O–H groups in total. The third-order valence-corrected chi connectivity index (χ3v) is 10.1. The van der Waals surface area contributed by atoms with Crippen molar-refractivity contribution < 1.29 is 14.3 Å². The Labute approximate surface area is 171 Å². The molecule has 4 fully saturated rings. The van der Waals surface area contributed by atoms with Gasteiger partial charge in [0.15, 0.2) is 0 Å². The molecule has 0 aromatic carbocycles. The van der Waals surface area contributed by atoms with Gasteiger partial charge in [-0.15, -0.1) is 0 Å². The zero-order valence-electron chi connectivity index (χ0n) is 18.5. The maximum Gasteiger partial charge on any atom is 0.305 e. The Balaban J connectivity index is 1.54. The fourth-order valence-electron chi connectivity index (χ4n) is 8.22. The summed E-state index contributed by atoms with van der Waals surface area (Å²) in [5.41, 5.74) is 0.416. The first-order valence-corrected chi connectivity index (χ1v) is 11.8. The molecule has 7 atom stereocenters. The molecular weight excluding hydrogens is 348 g/mol. The molecule has 0 aromatic rings. The van der Waals surface area contributed by atoms with Gasteiger partial charge in [-0.3, -0.25) is 9.59 Å². The first kappa shape index (κ1) is 20.4. The number of Topliss-reactive ketones (excluding diaryl/α,β-unsaturated/α-hetero) is 1. The molecule has 4 aliphatic rings. The van der Waals surface area contributed by atoms with E-state index in [0.29, 0.717) is 24.0 Å². The van der Waals surface area contributed by atoms with Crippen molar-refractivity contribution in [3.05, 3.63) is 0 Å². The van der Waals surface area contributed by atoms with E-state index in [9.17, 15) is 9.59 Å².